The van der Waals surface area contributed by atoms with E-state index < -0.39 is 0 Å². The lowest BCUT2D eigenvalue weighted by atomic mass is 10.4. The Morgan fingerprint density at radius 2 is 1.23 bits per heavy atom. The summed E-state index contributed by atoms with van der Waals surface area (Å²) in [6.07, 6.45) is 0. The molecule has 0 fully saturated rings. The highest BCUT2D eigenvalue weighted by Crippen LogP contribution is 2.43. The topological polar surface area (TPSA) is 76.7 Å². The first-order valence-electron chi connectivity index (χ1n) is 6.87. The van der Waals surface area contributed by atoms with Crippen LogP contribution in [0.4, 0.5) is 0 Å². The molecule has 0 aliphatic carbocycles. The van der Waals surface area contributed by atoms with Crippen molar-refractivity contribution in [3.8, 4) is 0 Å². The van der Waals surface area contributed by atoms with Gasteiger partial charge in [0, 0.05) is 11.4 Å². The first-order valence-corrected chi connectivity index (χ1v) is 8.51. The highest BCUT2D eigenvalue weighted by atomic mass is 32.2. The van der Waals surface area contributed by atoms with Crippen molar-refractivity contribution in [1.29, 1.82) is 0 Å². The van der Waals surface area contributed by atoms with Gasteiger partial charge in [0.05, 0.1) is 13.2 Å². The molecule has 0 bridgehead atoms. The summed E-state index contributed by atoms with van der Waals surface area (Å²) in [7, 11) is 0. The summed E-state index contributed by atoms with van der Waals surface area (Å²) < 4.78 is 10.1. The maximum atomic E-state index is 11.9. The van der Waals surface area contributed by atoms with Gasteiger partial charge in [0.15, 0.2) is 0 Å². The van der Waals surface area contributed by atoms with Crippen LogP contribution >= 0.6 is 23.5 Å². The second-order valence-electron chi connectivity index (χ2n) is 4.46. The van der Waals surface area contributed by atoms with Gasteiger partial charge in [-0.25, -0.2) is 9.59 Å². The second kappa shape index (κ2) is 7.15. The summed E-state index contributed by atoms with van der Waals surface area (Å²) in [5.74, 6) is -0.683. The summed E-state index contributed by atoms with van der Waals surface area (Å²) in [5, 5.41) is 7.88. The van der Waals surface area contributed by atoms with E-state index in [1.807, 2.05) is 13.8 Å². The smallest absolute Gasteiger partial charge is 0.346 e. The molecule has 0 atom stereocenters. The summed E-state index contributed by atoms with van der Waals surface area (Å²) in [4.78, 5) is 24.8. The number of hydrogen-bond acceptors (Lipinski definition) is 8. The number of rotatable bonds is 4. The Bertz CT molecular complexity index is 556. The van der Waals surface area contributed by atoms with Gasteiger partial charge < -0.3 is 20.1 Å². The van der Waals surface area contributed by atoms with Crippen LogP contribution in [-0.2, 0) is 19.1 Å². The normalized spacial score (nSPS) is 20.9. The molecule has 0 aromatic rings. The van der Waals surface area contributed by atoms with E-state index in [1.165, 1.54) is 23.5 Å². The van der Waals surface area contributed by atoms with Crippen molar-refractivity contribution in [2.45, 2.75) is 27.7 Å². The molecule has 2 rings (SSSR count). The van der Waals surface area contributed by atoms with Gasteiger partial charge in [0.1, 0.15) is 19.9 Å². The Hall–Kier alpha value is -1.54. The molecule has 0 aromatic carbocycles. The van der Waals surface area contributed by atoms with Crippen molar-refractivity contribution >= 4 is 35.5 Å². The van der Waals surface area contributed by atoms with Gasteiger partial charge in [0.25, 0.3) is 0 Å². The van der Waals surface area contributed by atoms with Gasteiger partial charge in [-0.1, -0.05) is 23.5 Å². The van der Waals surface area contributed by atoms with Crippen LogP contribution in [0.5, 0.6) is 0 Å². The van der Waals surface area contributed by atoms with E-state index >= 15 is 0 Å². The van der Waals surface area contributed by atoms with Crippen LogP contribution in [0.25, 0.3) is 0 Å². The minimum Gasteiger partial charge on any atom is -0.462 e. The molecule has 0 spiro atoms. The number of carbonyl (C=O) groups is 2. The van der Waals surface area contributed by atoms with E-state index in [1.54, 1.807) is 13.8 Å². The zero-order valence-corrected chi connectivity index (χ0v) is 14.5. The third-order valence-corrected chi connectivity index (χ3v) is 5.32. The predicted molar refractivity (Wildman–Crippen MR) is 87.1 cm³/mol. The standard InChI is InChI=1S/C14H18N2O4S2/c1-5-19-13(17)9-7(3)15-11(21-9)12-16-8(4)10(22-12)14(18)20-6-2/h15-16H,5-6H2,1-4H3/b12-11+. The fraction of sp³-hybridized carbons (Fsp3) is 0.429. The zero-order chi connectivity index (χ0) is 16.3. The Morgan fingerprint density at radius 3 is 1.55 bits per heavy atom. The number of carbonyl (C=O) groups excluding carboxylic acids is 2. The second-order valence-corrected chi connectivity index (χ2v) is 6.50. The highest BCUT2D eigenvalue weighted by molar-refractivity contribution is 8.11. The first kappa shape index (κ1) is 16.8. The maximum absolute atomic E-state index is 11.9. The molecule has 0 radical (unpaired) electrons. The molecule has 2 aliphatic rings. The Morgan fingerprint density at radius 1 is 0.864 bits per heavy atom. The number of hydrogen-bond donors (Lipinski definition) is 2. The van der Waals surface area contributed by atoms with E-state index in [2.05, 4.69) is 10.6 Å². The van der Waals surface area contributed by atoms with Crippen molar-refractivity contribution in [2.75, 3.05) is 13.2 Å². The molecule has 0 amide bonds. The average Bonchev–Trinajstić information content (AvgIpc) is 3.02. The third-order valence-electron chi connectivity index (χ3n) is 2.82. The molecule has 2 N–H and O–H groups in total. The lowest BCUT2D eigenvalue weighted by molar-refractivity contribution is -0.138. The van der Waals surface area contributed by atoms with Crippen LogP contribution < -0.4 is 10.6 Å². The van der Waals surface area contributed by atoms with Crippen LogP contribution in [0.15, 0.2) is 31.3 Å². The van der Waals surface area contributed by atoms with Crippen molar-refractivity contribution in [3.63, 3.8) is 0 Å². The largest absolute Gasteiger partial charge is 0.462 e. The molecule has 0 saturated heterocycles. The molecule has 8 heteroatoms. The van der Waals surface area contributed by atoms with Crippen molar-refractivity contribution in [3.05, 3.63) is 31.3 Å². The van der Waals surface area contributed by atoms with E-state index in [-0.39, 0.29) is 11.9 Å². The molecule has 22 heavy (non-hydrogen) atoms. The molecule has 6 nitrogen and oxygen atoms in total. The van der Waals surface area contributed by atoms with Gasteiger partial charge in [-0.3, -0.25) is 0 Å². The summed E-state index contributed by atoms with van der Waals surface area (Å²) in [5.41, 5.74) is 1.49. The van der Waals surface area contributed by atoms with E-state index in [4.69, 9.17) is 9.47 Å². The SMILES string of the molecule is CCOC(=O)C1=C(C)N/C(=C2/NC(C)=C(C(=O)OCC)S2)S1. The number of thioether (sulfide) groups is 2. The number of ether oxygens (including phenoxy) is 2. The highest BCUT2D eigenvalue weighted by Gasteiger charge is 2.31. The molecule has 0 unspecified atom stereocenters. The fourth-order valence-corrected chi connectivity index (χ4v) is 3.90. The number of allylic oxidation sites excluding steroid dienone is 2. The first-order chi connectivity index (χ1) is 10.5. The number of esters is 2. The van der Waals surface area contributed by atoms with E-state index in [0.717, 1.165) is 21.5 Å². The van der Waals surface area contributed by atoms with Crippen LogP contribution in [0.3, 0.4) is 0 Å². The van der Waals surface area contributed by atoms with Crippen molar-refractivity contribution in [1.82, 2.24) is 10.6 Å². The number of nitrogens with one attached hydrogen (secondary N) is 2. The Kier molecular flexibility index (Phi) is 5.47. The van der Waals surface area contributed by atoms with Crippen molar-refractivity contribution in [2.24, 2.45) is 0 Å². The summed E-state index contributed by atoms with van der Waals surface area (Å²) >= 11 is 2.61. The van der Waals surface area contributed by atoms with Gasteiger partial charge in [0.2, 0.25) is 0 Å². The molecular weight excluding hydrogens is 324 g/mol. The van der Waals surface area contributed by atoms with Gasteiger partial charge >= 0.3 is 11.9 Å². The Balaban J connectivity index is 2.11. The van der Waals surface area contributed by atoms with Crippen LogP contribution in [0, 0.1) is 0 Å². The van der Waals surface area contributed by atoms with Crippen LogP contribution in [0.2, 0.25) is 0 Å². The van der Waals surface area contributed by atoms with E-state index in [0.29, 0.717) is 23.0 Å². The molecule has 120 valence electrons. The minimum atomic E-state index is -0.341. The van der Waals surface area contributed by atoms with E-state index in [9.17, 15) is 9.59 Å². The van der Waals surface area contributed by atoms with Gasteiger partial charge in [-0.2, -0.15) is 0 Å². The zero-order valence-electron chi connectivity index (χ0n) is 12.9. The molecule has 2 aliphatic heterocycles. The van der Waals surface area contributed by atoms with Crippen LogP contribution in [0.1, 0.15) is 27.7 Å². The van der Waals surface area contributed by atoms with Gasteiger partial charge in [-0.15, -0.1) is 0 Å². The molecule has 0 aromatic heterocycles. The quantitative estimate of drug-likeness (QED) is 0.754. The monoisotopic (exact) mass is 342 g/mol. The van der Waals surface area contributed by atoms with Crippen molar-refractivity contribution < 1.29 is 19.1 Å². The lowest BCUT2D eigenvalue weighted by Gasteiger charge is -2.05. The molecule has 2 heterocycles. The third kappa shape index (κ3) is 3.44. The summed E-state index contributed by atoms with van der Waals surface area (Å²) in [6, 6.07) is 0. The van der Waals surface area contributed by atoms with Crippen LogP contribution in [-0.4, -0.2) is 25.2 Å². The minimum absolute atomic E-state index is 0.336. The maximum Gasteiger partial charge on any atom is 0.346 e. The predicted octanol–water partition coefficient (Wildman–Crippen LogP) is 2.38. The van der Waals surface area contributed by atoms with Gasteiger partial charge in [-0.05, 0) is 27.7 Å². The fourth-order valence-electron chi connectivity index (χ4n) is 1.85. The lowest BCUT2D eigenvalue weighted by Crippen LogP contribution is -2.11. The Labute approximate surface area is 137 Å². The molecular formula is C14H18N2O4S2. The molecule has 0 saturated carbocycles. The average molecular weight is 342 g/mol. The summed E-state index contributed by atoms with van der Waals surface area (Å²) in [6.45, 7) is 7.85.